The molecule has 3 aromatic heterocycles. The van der Waals surface area contributed by atoms with Crippen molar-refractivity contribution in [3.05, 3.63) is 70.5 Å². The zero-order valence-electron chi connectivity index (χ0n) is 16.2. The van der Waals surface area contributed by atoms with Crippen LogP contribution in [0.4, 0.5) is 10.8 Å². The Morgan fingerprint density at radius 3 is 2.57 bits per heavy atom. The number of thiazole rings is 1. The maximum Gasteiger partial charge on any atom is 0.267 e. The fourth-order valence-corrected chi connectivity index (χ4v) is 5.05. The fraction of sp³-hybridized carbons (Fsp3) is 0.182. The molecule has 1 aliphatic rings. The lowest BCUT2D eigenvalue weighted by Gasteiger charge is -2.26. The number of carbonyl (C=O) groups is 1. The van der Waals surface area contributed by atoms with Gasteiger partial charge >= 0.3 is 0 Å². The van der Waals surface area contributed by atoms with E-state index in [4.69, 9.17) is 9.72 Å². The number of anilines is 2. The summed E-state index contributed by atoms with van der Waals surface area (Å²) in [6.07, 6.45) is 3.87. The second-order valence-corrected chi connectivity index (χ2v) is 8.62. The first-order valence-electron chi connectivity index (χ1n) is 9.69. The molecule has 30 heavy (non-hydrogen) atoms. The molecule has 4 heterocycles. The maximum absolute atomic E-state index is 12.8. The number of nitrogens with one attached hydrogen (secondary N) is 1. The minimum atomic E-state index is -0.107. The smallest absolute Gasteiger partial charge is 0.267 e. The monoisotopic (exact) mass is 436 g/mol. The second kappa shape index (κ2) is 8.43. The van der Waals surface area contributed by atoms with Crippen LogP contribution in [0.25, 0.3) is 16.9 Å². The van der Waals surface area contributed by atoms with E-state index in [0.717, 1.165) is 54.1 Å². The Labute approximate surface area is 182 Å². The molecular weight excluding hydrogens is 416 g/mol. The zero-order valence-corrected chi connectivity index (χ0v) is 17.8. The average molecular weight is 437 g/mol. The molecule has 0 radical (unpaired) electrons. The molecule has 4 aromatic rings. The first-order chi connectivity index (χ1) is 14.8. The van der Waals surface area contributed by atoms with E-state index < -0.39 is 0 Å². The van der Waals surface area contributed by atoms with E-state index in [1.54, 1.807) is 11.3 Å². The molecule has 1 fully saturated rings. The van der Waals surface area contributed by atoms with Crippen molar-refractivity contribution in [2.45, 2.75) is 0 Å². The molecule has 0 saturated carbocycles. The summed E-state index contributed by atoms with van der Waals surface area (Å²) >= 11 is 3.09. The average Bonchev–Trinajstić information content (AvgIpc) is 3.56. The minimum Gasteiger partial charge on any atom is -0.378 e. The summed E-state index contributed by atoms with van der Waals surface area (Å²) in [5.41, 5.74) is 3.64. The van der Waals surface area contributed by atoms with Crippen LogP contribution in [0.2, 0.25) is 0 Å². The summed E-state index contributed by atoms with van der Waals surface area (Å²) in [6.45, 7) is 3.26. The number of carbonyl (C=O) groups excluding carboxylic acids is 1. The quantitative estimate of drug-likeness (QED) is 0.490. The predicted octanol–water partition coefficient (Wildman–Crippen LogP) is 4.75. The van der Waals surface area contributed by atoms with Gasteiger partial charge in [-0.15, -0.1) is 22.7 Å². The molecule has 0 spiro atoms. The van der Waals surface area contributed by atoms with E-state index in [-0.39, 0.29) is 5.91 Å². The summed E-state index contributed by atoms with van der Waals surface area (Å²) in [5.74, 6) is -0.107. The molecule has 1 aliphatic heterocycles. The maximum atomic E-state index is 12.8. The van der Waals surface area contributed by atoms with Crippen molar-refractivity contribution in [3.63, 3.8) is 0 Å². The van der Waals surface area contributed by atoms with Crippen LogP contribution >= 0.6 is 22.7 Å². The zero-order chi connectivity index (χ0) is 20.3. The Hall–Kier alpha value is -2.94. The van der Waals surface area contributed by atoms with Crippen molar-refractivity contribution < 1.29 is 9.53 Å². The van der Waals surface area contributed by atoms with Gasteiger partial charge in [0.25, 0.3) is 5.91 Å². The molecule has 1 amide bonds. The van der Waals surface area contributed by atoms with Gasteiger partial charge in [0, 0.05) is 42.1 Å². The van der Waals surface area contributed by atoms with Crippen molar-refractivity contribution >= 4 is 39.4 Å². The number of benzene rings is 1. The molecule has 8 heteroatoms. The highest BCUT2D eigenvalue weighted by Gasteiger charge is 2.16. The molecule has 1 aromatic carbocycles. The number of morpholine rings is 1. The highest BCUT2D eigenvalue weighted by atomic mass is 32.1. The molecule has 0 atom stereocenters. The third-order valence-electron chi connectivity index (χ3n) is 4.95. The van der Waals surface area contributed by atoms with Gasteiger partial charge in [0.2, 0.25) is 0 Å². The number of hydrogen-bond donors (Lipinski definition) is 1. The number of aromatic nitrogens is 2. The lowest BCUT2D eigenvalue weighted by atomic mass is 10.1. The van der Waals surface area contributed by atoms with Crippen LogP contribution in [-0.2, 0) is 4.74 Å². The Bertz CT molecular complexity index is 1130. The third kappa shape index (κ3) is 3.89. The summed E-state index contributed by atoms with van der Waals surface area (Å²) in [4.78, 5) is 20.5. The van der Waals surface area contributed by atoms with Gasteiger partial charge in [0.05, 0.1) is 24.6 Å². The van der Waals surface area contributed by atoms with Crippen molar-refractivity contribution in [2.24, 2.45) is 0 Å². The van der Waals surface area contributed by atoms with Crippen molar-refractivity contribution in [1.82, 2.24) is 9.55 Å². The van der Waals surface area contributed by atoms with E-state index in [2.05, 4.69) is 15.6 Å². The number of thiophene rings is 1. The van der Waals surface area contributed by atoms with E-state index in [9.17, 15) is 4.79 Å². The van der Waals surface area contributed by atoms with Crippen LogP contribution in [0.1, 0.15) is 9.67 Å². The van der Waals surface area contributed by atoms with Crippen LogP contribution in [0.5, 0.6) is 0 Å². The summed E-state index contributed by atoms with van der Waals surface area (Å²) in [5, 5.41) is 8.04. The van der Waals surface area contributed by atoms with Crippen LogP contribution < -0.4 is 10.2 Å². The molecule has 6 nitrogen and oxygen atoms in total. The van der Waals surface area contributed by atoms with Gasteiger partial charge in [0.15, 0.2) is 5.13 Å². The minimum absolute atomic E-state index is 0.107. The van der Waals surface area contributed by atoms with Crippen LogP contribution in [-0.4, -0.2) is 41.8 Å². The molecular formula is C22H20N4O2S2. The lowest BCUT2D eigenvalue weighted by Crippen LogP contribution is -2.36. The summed E-state index contributed by atoms with van der Waals surface area (Å²) in [7, 11) is 0. The molecule has 1 saturated heterocycles. The highest BCUT2D eigenvalue weighted by Crippen LogP contribution is 2.29. The van der Waals surface area contributed by atoms with E-state index in [0.29, 0.717) is 4.88 Å². The normalized spacial score (nSPS) is 14.1. The fourth-order valence-electron chi connectivity index (χ4n) is 3.38. The van der Waals surface area contributed by atoms with Crippen LogP contribution in [0.15, 0.2) is 65.6 Å². The number of ether oxygens (including phenoxy) is 1. The first-order valence-corrected chi connectivity index (χ1v) is 11.4. The third-order valence-corrected chi connectivity index (χ3v) is 6.75. The Morgan fingerprint density at radius 1 is 1.03 bits per heavy atom. The van der Waals surface area contributed by atoms with Crippen molar-refractivity contribution in [3.8, 4) is 16.9 Å². The van der Waals surface area contributed by atoms with E-state index in [1.807, 2.05) is 64.8 Å². The molecule has 0 unspecified atom stereocenters. The molecule has 1 N–H and O–H groups in total. The number of rotatable bonds is 5. The largest absolute Gasteiger partial charge is 0.378 e. The Morgan fingerprint density at radius 2 is 1.80 bits per heavy atom. The Kier molecular flexibility index (Phi) is 5.35. The molecule has 152 valence electrons. The van der Waals surface area contributed by atoms with Crippen molar-refractivity contribution in [2.75, 3.05) is 36.5 Å². The van der Waals surface area contributed by atoms with Gasteiger partial charge in [-0.3, -0.25) is 4.79 Å². The van der Waals surface area contributed by atoms with E-state index >= 15 is 0 Å². The van der Waals surface area contributed by atoms with Gasteiger partial charge in [0.1, 0.15) is 4.88 Å². The molecule has 0 bridgehead atoms. The highest BCUT2D eigenvalue weighted by molar-refractivity contribution is 7.14. The number of amides is 1. The number of hydrogen-bond acceptors (Lipinski definition) is 6. The van der Waals surface area contributed by atoms with Crippen LogP contribution in [0.3, 0.4) is 0 Å². The number of nitrogens with zero attached hydrogens (tertiary/aromatic N) is 3. The first kappa shape index (κ1) is 19.0. The van der Waals surface area contributed by atoms with Crippen LogP contribution in [0, 0.1) is 0 Å². The lowest BCUT2D eigenvalue weighted by molar-refractivity contribution is 0.103. The standard InChI is InChI=1S/C22H20N4O2S2/c27-21(20-19(7-14-29-20)25-8-1-2-9-25)23-17-5-3-16(4-6-17)18-15-30-22(24-18)26-10-12-28-13-11-26/h1-9,14-15H,10-13H2,(H,23,27). The van der Waals surface area contributed by atoms with Crippen molar-refractivity contribution in [1.29, 1.82) is 0 Å². The van der Waals surface area contributed by atoms with Gasteiger partial charge in [-0.05, 0) is 35.7 Å². The van der Waals surface area contributed by atoms with Gasteiger partial charge in [-0.25, -0.2) is 4.98 Å². The van der Waals surface area contributed by atoms with E-state index in [1.165, 1.54) is 11.3 Å². The topological polar surface area (TPSA) is 59.4 Å². The Balaban J connectivity index is 1.29. The second-order valence-electron chi connectivity index (χ2n) is 6.87. The predicted molar refractivity (Wildman–Crippen MR) is 122 cm³/mol. The SMILES string of the molecule is O=C(Nc1ccc(-c2csc(N3CCOCC3)n2)cc1)c1sccc1-n1cccc1. The van der Waals surface area contributed by atoms with Gasteiger partial charge < -0.3 is 19.5 Å². The summed E-state index contributed by atoms with van der Waals surface area (Å²) < 4.78 is 7.36. The molecule has 0 aliphatic carbocycles. The van der Waals surface area contributed by atoms with Gasteiger partial charge in [-0.2, -0.15) is 0 Å². The van der Waals surface area contributed by atoms with Gasteiger partial charge in [-0.1, -0.05) is 12.1 Å². The molecule has 5 rings (SSSR count). The summed E-state index contributed by atoms with van der Waals surface area (Å²) in [6, 6.07) is 13.7.